The fourth-order valence-corrected chi connectivity index (χ4v) is 2.33. The van der Waals surface area contributed by atoms with Crippen LogP contribution in [0, 0.1) is 0 Å². The molecular weight excluding hydrogens is 331 g/mol. The largest absolute Gasteiger partial charge is 0.475 e. The highest BCUT2D eigenvalue weighted by Crippen LogP contribution is 2.04. The summed E-state index contributed by atoms with van der Waals surface area (Å²) in [5, 5.41) is 24.0. The Kier molecular flexibility index (Phi) is 7.60. The van der Waals surface area contributed by atoms with Crippen molar-refractivity contribution in [1.82, 2.24) is 10.6 Å². The number of hydrogen-bond donors (Lipinski definition) is 4. The van der Waals surface area contributed by atoms with Crippen molar-refractivity contribution in [3.8, 4) is 0 Å². The van der Waals surface area contributed by atoms with Gasteiger partial charge < -0.3 is 20.7 Å². The van der Waals surface area contributed by atoms with Gasteiger partial charge in [0.2, 0.25) is 11.8 Å². The Hall–Kier alpha value is -2.90. The Balaban J connectivity index is 1.82. The van der Waals surface area contributed by atoms with Gasteiger partial charge in [-0.15, -0.1) is 0 Å². The minimum atomic E-state index is -1.71. The van der Waals surface area contributed by atoms with Crippen LogP contribution in [0.3, 0.4) is 0 Å². The van der Waals surface area contributed by atoms with E-state index in [1.54, 1.807) is 0 Å². The minimum Gasteiger partial charge on any atom is -0.426 e. The summed E-state index contributed by atoms with van der Waals surface area (Å²) in [6.45, 7) is 0.359. The third-order valence-corrected chi connectivity index (χ3v) is 3.68. The molecule has 6 nitrogen and oxygen atoms in total. The summed E-state index contributed by atoms with van der Waals surface area (Å²) >= 11 is 0. The van der Waals surface area contributed by atoms with E-state index in [0.717, 1.165) is 23.3 Å². The number of benzene rings is 2. The van der Waals surface area contributed by atoms with Gasteiger partial charge in [-0.2, -0.15) is 0 Å². The topological polar surface area (TPSA) is 98.7 Å². The Morgan fingerprint density at radius 3 is 2.00 bits per heavy atom. The van der Waals surface area contributed by atoms with Crippen molar-refractivity contribution in [1.29, 1.82) is 0 Å². The summed E-state index contributed by atoms with van der Waals surface area (Å²) in [7, 11) is -1.71. The monoisotopic (exact) mass is 352 g/mol. The molecule has 0 saturated heterocycles. The van der Waals surface area contributed by atoms with Gasteiger partial charge in [-0.3, -0.25) is 9.59 Å². The molecule has 0 fully saturated rings. The fourth-order valence-electron chi connectivity index (χ4n) is 2.33. The molecule has 1 atom stereocenters. The van der Waals surface area contributed by atoms with Crippen LogP contribution in [-0.2, 0) is 22.6 Å². The summed E-state index contributed by atoms with van der Waals surface area (Å²) in [6, 6.07) is 18.6. The Labute approximate surface area is 152 Å². The van der Waals surface area contributed by atoms with Crippen LogP contribution in [0.25, 0.3) is 0 Å². The first-order valence-electron chi connectivity index (χ1n) is 8.25. The second-order valence-electron chi connectivity index (χ2n) is 5.76. The van der Waals surface area contributed by atoms with Gasteiger partial charge in [-0.25, -0.2) is 0 Å². The molecule has 26 heavy (non-hydrogen) atoms. The predicted octanol–water partition coefficient (Wildman–Crippen LogP) is 0.598. The molecule has 0 heterocycles. The zero-order chi connectivity index (χ0) is 18.8. The van der Waals surface area contributed by atoms with Gasteiger partial charge in [0.15, 0.2) is 0 Å². The third kappa shape index (κ3) is 6.92. The zero-order valence-corrected chi connectivity index (χ0v) is 14.2. The quantitative estimate of drug-likeness (QED) is 0.413. The molecule has 0 aliphatic carbocycles. The van der Waals surface area contributed by atoms with Gasteiger partial charge in [0.1, 0.15) is 0 Å². The van der Waals surface area contributed by atoms with E-state index in [-0.39, 0.29) is 6.42 Å². The molecule has 0 aromatic heterocycles. The molecule has 2 rings (SSSR count). The number of rotatable bonds is 8. The van der Waals surface area contributed by atoms with Crippen LogP contribution in [-0.4, -0.2) is 34.9 Å². The van der Waals surface area contributed by atoms with Gasteiger partial charge in [0, 0.05) is 18.7 Å². The van der Waals surface area contributed by atoms with E-state index in [0.29, 0.717) is 6.54 Å². The maximum atomic E-state index is 11.9. The van der Waals surface area contributed by atoms with Crippen molar-refractivity contribution in [3.05, 3.63) is 83.9 Å². The maximum absolute atomic E-state index is 11.9. The van der Waals surface area contributed by atoms with E-state index in [4.69, 9.17) is 0 Å². The van der Waals surface area contributed by atoms with Gasteiger partial charge in [-0.1, -0.05) is 60.7 Å². The lowest BCUT2D eigenvalue weighted by Crippen LogP contribution is -2.47. The van der Waals surface area contributed by atoms with E-state index in [2.05, 4.69) is 10.6 Å². The summed E-state index contributed by atoms with van der Waals surface area (Å²) in [5.41, 5.74) is 1.81. The van der Waals surface area contributed by atoms with Crippen LogP contribution in [0.15, 0.2) is 72.8 Å². The van der Waals surface area contributed by atoms with E-state index >= 15 is 0 Å². The highest BCUT2D eigenvalue weighted by molar-refractivity contribution is 6.43. The highest BCUT2D eigenvalue weighted by atomic mass is 16.4. The number of carbonyl (C=O) groups excluding carboxylic acids is 2. The van der Waals surface area contributed by atoms with Crippen LogP contribution < -0.4 is 10.6 Å². The molecule has 1 unspecified atom stereocenters. The third-order valence-electron chi connectivity index (χ3n) is 3.68. The van der Waals surface area contributed by atoms with Crippen LogP contribution in [0.4, 0.5) is 0 Å². The second kappa shape index (κ2) is 10.2. The Morgan fingerprint density at radius 1 is 0.885 bits per heavy atom. The van der Waals surface area contributed by atoms with Gasteiger partial charge in [-0.05, 0) is 17.5 Å². The molecule has 0 aliphatic rings. The first-order valence-corrected chi connectivity index (χ1v) is 8.25. The smallest absolute Gasteiger partial charge is 0.426 e. The summed E-state index contributed by atoms with van der Waals surface area (Å²) in [4.78, 5) is 23.7. The van der Waals surface area contributed by atoms with Gasteiger partial charge in [0.25, 0.3) is 0 Å². The minimum absolute atomic E-state index is 0.262. The average molecular weight is 352 g/mol. The molecule has 2 aromatic carbocycles. The van der Waals surface area contributed by atoms with Crippen LogP contribution >= 0.6 is 0 Å². The normalized spacial score (nSPS) is 11.8. The molecule has 0 bridgehead atoms. The van der Waals surface area contributed by atoms with E-state index < -0.39 is 24.9 Å². The van der Waals surface area contributed by atoms with Crippen molar-refractivity contribution < 1.29 is 19.6 Å². The van der Waals surface area contributed by atoms with E-state index in [1.165, 1.54) is 0 Å². The molecular formula is C19H21BN2O4. The average Bonchev–Trinajstić information content (AvgIpc) is 2.66. The van der Waals surface area contributed by atoms with Crippen molar-refractivity contribution in [2.24, 2.45) is 0 Å². The maximum Gasteiger partial charge on any atom is 0.475 e. The van der Waals surface area contributed by atoms with E-state index in [9.17, 15) is 19.6 Å². The lowest BCUT2D eigenvalue weighted by molar-refractivity contribution is -0.119. The van der Waals surface area contributed by atoms with Crippen molar-refractivity contribution in [2.45, 2.75) is 18.9 Å². The molecule has 2 aromatic rings. The molecule has 0 aliphatic heterocycles. The number of nitrogens with one attached hydrogen (secondary N) is 2. The summed E-state index contributed by atoms with van der Waals surface area (Å²) in [6.07, 6.45) is 2.45. The highest BCUT2D eigenvalue weighted by Gasteiger charge is 2.24. The first-order chi connectivity index (χ1) is 12.5. The van der Waals surface area contributed by atoms with Crippen LogP contribution in [0.2, 0.25) is 0 Å². The summed E-state index contributed by atoms with van der Waals surface area (Å²) < 4.78 is 0. The van der Waals surface area contributed by atoms with Gasteiger partial charge >= 0.3 is 7.12 Å². The van der Waals surface area contributed by atoms with Crippen molar-refractivity contribution in [3.63, 3.8) is 0 Å². The summed E-state index contributed by atoms with van der Waals surface area (Å²) in [5.74, 6) is -1.86. The van der Waals surface area contributed by atoms with E-state index in [1.807, 2.05) is 60.7 Å². The number of carbonyl (C=O) groups is 2. The molecule has 0 saturated carbocycles. The lowest BCUT2D eigenvalue weighted by atomic mass is 9.76. The van der Waals surface area contributed by atoms with Crippen molar-refractivity contribution in [2.75, 3.05) is 0 Å². The lowest BCUT2D eigenvalue weighted by Gasteiger charge is -2.16. The predicted molar refractivity (Wildman–Crippen MR) is 99.7 cm³/mol. The first kappa shape index (κ1) is 19.4. The molecule has 0 radical (unpaired) electrons. The molecule has 7 heteroatoms. The van der Waals surface area contributed by atoms with Crippen molar-refractivity contribution >= 4 is 18.9 Å². The zero-order valence-electron chi connectivity index (χ0n) is 14.2. The molecule has 134 valence electrons. The van der Waals surface area contributed by atoms with Crippen LogP contribution in [0.5, 0.6) is 0 Å². The Morgan fingerprint density at radius 2 is 1.42 bits per heavy atom. The number of amides is 2. The molecule has 0 spiro atoms. The fraction of sp³-hybridized carbons (Fsp3) is 0.158. The SMILES string of the molecule is O=C(/C=C/C(=O)NC(Cc1ccccc1)B(O)O)NCc1ccccc1. The van der Waals surface area contributed by atoms with Crippen LogP contribution in [0.1, 0.15) is 11.1 Å². The molecule has 2 amide bonds. The standard InChI is InChI=1S/C19H21BN2O4/c23-18(21-14-16-9-5-2-6-10-16)11-12-19(24)22-17(20(25)26)13-15-7-3-1-4-8-15/h1-12,17,25-26H,13-14H2,(H,21,23)(H,22,24)/b12-11+. The molecule has 4 N–H and O–H groups in total. The Bertz CT molecular complexity index is 736. The number of hydrogen-bond acceptors (Lipinski definition) is 4. The van der Waals surface area contributed by atoms with Gasteiger partial charge in [0.05, 0.1) is 5.94 Å². The second-order valence-corrected chi connectivity index (χ2v) is 5.76.